The summed E-state index contributed by atoms with van der Waals surface area (Å²) in [6.45, 7) is 0. The third kappa shape index (κ3) is 6.43. The molecule has 54 valence electrons. The van der Waals surface area contributed by atoms with Crippen LogP contribution < -0.4 is 0 Å². The molecule has 0 aliphatic carbocycles. The predicted molar refractivity (Wildman–Crippen MR) is 39.8 cm³/mol. The number of rotatable bonds is 0. The summed E-state index contributed by atoms with van der Waals surface area (Å²) in [7, 11) is 9.78. The molecule has 0 saturated carbocycles. The Bertz CT molecular complexity index is 157. The predicted octanol–water partition coefficient (Wildman–Crippen LogP) is 2.77. The standard InChI is InChI=1S/C6H6O.2ClH.Ti/c7-6-4-2-1-3-5-6;;;/h1-5,7H;2*1H;/q;;;+2/p-2. The summed E-state index contributed by atoms with van der Waals surface area (Å²) >= 11 is -0.556. The summed E-state index contributed by atoms with van der Waals surface area (Å²) < 4.78 is 0. The average molecular weight is 213 g/mol. The Morgan fingerprint density at radius 3 is 1.70 bits per heavy atom. The van der Waals surface area contributed by atoms with Crippen LogP contribution in [-0.4, -0.2) is 5.11 Å². The molecule has 0 heterocycles. The molecule has 0 atom stereocenters. The van der Waals surface area contributed by atoms with E-state index in [0.717, 1.165) is 0 Å². The van der Waals surface area contributed by atoms with Gasteiger partial charge in [-0.05, 0) is 12.1 Å². The second-order valence-electron chi connectivity index (χ2n) is 1.41. The number of hydrogen-bond donors (Lipinski definition) is 1. The molecule has 10 heavy (non-hydrogen) atoms. The van der Waals surface area contributed by atoms with Crippen molar-refractivity contribution in [2.45, 2.75) is 0 Å². The zero-order valence-electron chi connectivity index (χ0n) is 5.09. The van der Waals surface area contributed by atoms with Crippen molar-refractivity contribution in [2.75, 3.05) is 0 Å². The molecule has 1 N–H and O–H groups in total. The number of phenolic OH excluding ortho intramolecular Hbond substituents is 1. The molecule has 0 aliphatic rings. The quantitative estimate of drug-likeness (QED) is 0.656. The molecule has 0 bridgehead atoms. The minimum absolute atomic E-state index is 0.322. The van der Waals surface area contributed by atoms with Gasteiger partial charge in [-0.15, -0.1) is 0 Å². The zero-order valence-corrected chi connectivity index (χ0v) is 8.16. The molecule has 1 aromatic carbocycles. The molecule has 4 heteroatoms. The van der Waals surface area contributed by atoms with Crippen LogP contribution in [-0.2, 0) is 17.0 Å². The first-order valence-electron chi connectivity index (χ1n) is 2.51. The summed E-state index contributed by atoms with van der Waals surface area (Å²) in [5, 5.41) is 8.63. The number of halogens is 2. The molecule has 0 amide bonds. The fourth-order valence-corrected chi connectivity index (χ4v) is 0.428. The van der Waals surface area contributed by atoms with Gasteiger partial charge in [-0.25, -0.2) is 0 Å². The maximum absolute atomic E-state index is 8.63. The topological polar surface area (TPSA) is 20.2 Å². The number of phenols is 1. The molecule has 1 aromatic rings. The third-order valence-corrected chi connectivity index (χ3v) is 0.756. The van der Waals surface area contributed by atoms with Crippen molar-refractivity contribution in [1.29, 1.82) is 0 Å². The summed E-state index contributed by atoms with van der Waals surface area (Å²) in [6, 6.07) is 8.71. The van der Waals surface area contributed by atoms with E-state index in [4.69, 9.17) is 23.7 Å². The van der Waals surface area contributed by atoms with Crippen LogP contribution in [0.25, 0.3) is 0 Å². The van der Waals surface area contributed by atoms with Crippen LogP contribution in [0.1, 0.15) is 0 Å². The van der Waals surface area contributed by atoms with Gasteiger partial charge in [-0.2, -0.15) is 0 Å². The summed E-state index contributed by atoms with van der Waals surface area (Å²) in [5.74, 6) is 0.322. The summed E-state index contributed by atoms with van der Waals surface area (Å²) in [5.41, 5.74) is 0. The number of para-hydroxylation sites is 1. The fourth-order valence-electron chi connectivity index (χ4n) is 0.428. The van der Waals surface area contributed by atoms with Crippen LogP contribution in [0.15, 0.2) is 30.3 Å². The van der Waals surface area contributed by atoms with E-state index in [1.807, 2.05) is 6.07 Å². The van der Waals surface area contributed by atoms with Gasteiger partial charge < -0.3 is 5.11 Å². The molecule has 0 aromatic heterocycles. The van der Waals surface area contributed by atoms with Crippen LogP contribution in [0.4, 0.5) is 0 Å². The van der Waals surface area contributed by atoms with Gasteiger partial charge in [0.15, 0.2) is 0 Å². The number of hydrogen-bond acceptors (Lipinski definition) is 1. The van der Waals surface area contributed by atoms with Crippen molar-refractivity contribution >= 4 is 18.6 Å². The monoisotopic (exact) mass is 212 g/mol. The van der Waals surface area contributed by atoms with E-state index in [1.165, 1.54) is 0 Å². The number of aromatic hydroxyl groups is 1. The first-order chi connectivity index (χ1) is 4.81. The van der Waals surface area contributed by atoms with Gasteiger partial charge in [0.05, 0.1) is 0 Å². The van der Waals surface area contributed by atoms with Gasteiger partial charge in [0, 0.05) is 0 Å². The SMILES string of the molecule is Oc1ccccc1.[Cl][Ti][Cl]. The molecule has 0 unspecified atom stereocenters. The van der Waals surface area contributed by atoms with E-state index in [9.17, 15) is 0 Å². The second kappa shape index (κ2) is 7.42. The molecule has 0 fully saturated rings. The first-order valence-corrected chi connectivity index (χ1v) is 6.81. The van der Waals surface area contributed by atoms with Gasteiger partial charge in [-0.3, -0.25) is 0 Å². The number of benzene rings is 1. The van der Waals surface area contributed by atoms with E-state index < -0.39 is 17.0 Å². The van der Waals surface area contributed by atoms with Crippen LogP contribution in [0.2, 0.25) is 0 Å². The minimum atomic E-state index is -0.556. The first kappa shape index (κ1) is 10.3. The molecule has 1 rings (SSSR count). The Hall–Kier alpha value is 0.314. The van der Waals surface area contributed by atoms with Gasteiger partial charge in [0.25, 0.3) is 0 Å². The van der Waals surface area contributed by atoms with Crippen LogP contribution in [0, 0.1) is 0 Å². The molecular weight excluding hydrogens is 207 g/mol. The normalized spacial score (nSPS) is 7.40. The molecular formula is C6H6Cl2OTi. The van der Waals surface area contributed by atoms with Crippen LogP contribution >= 0.6 is 18.6 Å². The van der Waals surface area contributed by atoms with Gasteiger partial charge >= 0.3 is 35.6 Å². The Kier molecular flexibility index (Phi) is 7.65. The third-order valence-electron chi connectivity index (χ3n) is 0.756. The van der Waals surface area contributed by atoms with E-state index >= 15 is 0 Å². The maximum atomic E-state index is 8.63. The Morgan fingerprint density at radius 2 is 1.50 bits per heavy atom. The van der Waals surface area contributed by atoms with Crippen molar-refractivity contribution in [1.82, 2.24) is 0 Å². The van der Waals surface area contributed by atoms with Crippen LogP contribution in [0.5, 0.6) is 5.75 Å². The van der Waals surface area contributed by atoms with E-state index in [-0.39, 0.29) is 0 Å². The van der Waals surface area contributed by atoms with Crippen molar-refractivity contribution in [3.8, 4) is 5.75 Å². The average Bonchev–Trinajstić information content (AvgIpc) is 1.91. The molecule has 1 nitrogen and oxygen atoms in total. The second-order valence-corrected chi connectivity index (χ2v) is 3.99. The van der Waals surface area contributed by atoms with E-state index in [1.54, 1.807) is 24.3 Å². The Labute approximate surface area is 76.6 Å². The van der Waals surface area contributed by atoms with Gasteiger partial charge in [0.1, 0.15) is 5.75 Å². The zero-order chi connectivity index (χ0) is 7.82. The van der Waals surface area contributed by atoms with Crippen molar-refractivity contribution in [3.05, 3.63) is 30.3 Å². The van der Waals surface area contributed by atoms with Crippen molar-refractivity contribution in [3.63, 3.8) is 0 Å². The molecule has 0 radical (unpaired) electrons. The Morgan fingerprint density at radius 1 is 1.10 bits per heavy atom. The fraction of sp³-hybridized carbons (Fsp3) is 0. The summed E-state index contributed by atoms with van der Waals surface area (Å²) in [4.78, 5) is 0. The molecule has 0 saturated heterocycles. The van der Waals surface area contributed by atoms with E-state index in [2.05, 4.69) is 0 Å². The van der Waals surface area contributed by atoms with Gasteiger partial charge in [-0.1, -0.05) is 18.2 Å². The van der Waals surface area contributed by atoms with E-state index in [0.29, 0.717) is 5.75 Å². The molecule has 0 spiro atoms. The van der Waals surface area contributed by atoms with Gasteiger partial charge in [0.2, 0.25) is 0 Å². The van der Waals surface area contributed by atoms with Crippen molar-refractivity contribution < 1.29 is 22.1 Å². The van der Waals surface area contributed by atoms with Crippen LogP contribution in [0.3, 0.4) is 0 Å². The Balaban J connectivity index is 0.000000236. The summed E-state index contributed by atoms with van der Waals surface area (Å²) in [6.07, 6.45) is 0. The molecule has 0 aliphatic heterocycles. The van der Waals surface area contributed by atoms with Crippen molar-refractivity contribution in [2.24, 2.45) is 0 Å².